The number of ether oxygens (including phenoxy) is 1. The predicted molar refractivity (Wildman–Crippen MR) is 51.7 cm³/mol. The molecule has 5 nitrogen and oxygen atoms in total. The van der Waals surface area contributed by atoms with E-state index in [2.05, 4.69) is 4.98 Å². The van der Waals surface area contributed by atoms with Crippen molar-refractivity contribution in [2.75, 3.05) is 7.11 Å². The number of hydrogen-bond donors (Lipinski definition) is 0. The molecule has 1 aromatic rings. The summed E-state index contributed by atoms with van der Waals surface area (Å²) in [6.45, 7) is 5.16. The molecule has 1 rings (SSSR count). The fourth-order valence-electron chi connectivity index (χ4n) is 1.36. The van der Waals surface area contributed by atoms with E-state index >= 15 is 0 Å². The monoisotopic (exact) mass is 196 g/mol. The van der Waals surface area contributed by atoms with Crippen LogP contribution in [0.4, 0.5) is 5.69 Å². The number of nitrogens with zero attached hydrogens (tertiary/aromatic N) is 2. The maximum absolute atomic E-state index is 10.8. The van der Waals surface area contributed by atoms with Crippen LogP contribution in [0.25, 0.3) is 0 Å². The molecule has 14 heavy (non-hydrogen) atoms. The zero-order valence-electron chi connectivity index (χ0n) is 8.62. The van der Waals surface area contributed by atoms with Crippen LogP contribution in [0.5, 0.6) is 5.75 Å². The van der Waals surface area contributed by atoms with Gasteiger partial charge in [-0.2, -0.15) is 0 Å². The summed E-state index contributed by atoms with van der Waals surface area (Å²) in [5.74, 6) is 0.306. The van der Waals surface area contributed by atoms with Crippen molar-refractivity contribution in [3.05, 3.63) is 27.1 Å². The Morgan fingerprint density at radius 2 is 1.86 bits per heavy atom. The summed E-state index contributed by atoms with van der Waals surface area (Å²) >= 11 is 0. The molecule has 0 aliphatic rings. The second kappa shape index (κ2) is 3.61. The first-order valence-corrected chi connectivity index (χ1v) is 4.15. The Bertz CT molecular complexity index is 388. The van der Waals surface area contributed by atoms with E-state index in [1.54, 1.807) is 20.8 Å². The number of aromatic nitrogens is 1. The molecule has 0 aliphatic heterocycles. The van der Waals surface area contributed by atoms with E-state index in [9.17, 15) is 10.1 Å². The molecule has 0 unspecified atom stereocenters. The molecule has 0 spiro atoms. The molecule has 76 valence electrons. The molecule has 0 saturated heterocycles. The minimum absolute atomic E-state index is 0.0457. The average molecular weight is 196 g/mol. The minimum Gasteiger partial charge on any atom is -0.490 e. The van der Waals surface area contributed by atoms with Crippen molar-refractivity contribution in [2.45, 2.75) is 20.8 Å². The Labute approximate surface area is 81.9 Å². The molecular formula is C9H12N2O3. The Hall–Kier alpha value is -1.65. The number of rotatable bonds is 2. The van der Waals surface area contributed by atoms with Gasteiger partial charge in [0, 0.05) is 11.3 Å². The van der Waals surface area contributed by atoms with Crippen molar-refractivity contribution in [1.82, 2.24) is 4.98 Å². The molecule has 0 fully saturated rings. The van der Waals surface area contributed by atoms with Crippen LogP contribution in [0, 0.1) is 30.9 Å². The van der Waals surface area contributed by atoms with Crippen molar-refractivity contribution in [2.24, 2.45) is 0 Å². The molecule has 0 atom stereocenters. The number of aryl methyl sites for hydroxylation is 2. The highest BCUT2D eigenvalue weighted by Gasteiger charge is 2.23. The zero-order chi connectivity index (χ0) is 10.9. The van der Waals surface area contributed by atoms with E-state index in [4.69, 9.17) is 4.74 Å². The first-order valence-electron chi connectivity index (χ1n) is 4.15. The van der Waals surface area contributed by atoms with Crippen molar-refractivity contribution < 1.29 is 9.66 Å². The van der Waals surface area contributed by atoms with Gasteiger partial charge < -0.3 is 4.74 Å². The van der Waals surface area contributed by atoms with Crippen LogP contribution in [-0.2, 0) is 0 Å². The quantitative estimate of drug-likeness (QED) is 0.535. The second-order valence-corrected chi connectivity index (χ2v) is 3.05. The Balaban J connectivity index is 3.55. The van der Waals surface area contributed by atoms with E-state index in [0.717, 1.165) is 5.69 Å². The van der Waals surface area contributed by atoms with Gasteiger partial charge in [0.1, 0.15) is 5.69 Å². The smallest absolute Gasteiger partial charge is 0.332 e. The van der Waals surface area contributed by atoms with Gasteiger partial charge in [-0.15, -0.1) is 0 Å². The molecule has 5 heteroatoms. The van der Waals surface area contributed by atoms with Gasteiger partial charge in [0.15, 0.2) is 0 Å². The molecule has 0 aliphatic carbocycles. The fraction of sp³-hybridized carbons (Fsp3) is 0.444. The number of hydrogen-bond acceptors (Lipinski definition) is 4. The normalized spacial score (nSPS) is 10.0. The Morgan fingerprint density at radius 1 is 1.29 bits per heavy atom. The first kappa shape index (κ1) is 10.4. The van der Waals surface area contributed by atoms with E-state index in [1.165, 1.54) is 7.11 Å². The van der Waals surface area contributed by atoms with Gasteiger partial charge in [0.2, 0.25) is 5.75 Å². The lowest BCUT2D eigenvalue weighted by Gasteiger charge is -2.09. The second-order valence-electron chi connectivity index (χ2n) is 3.05. The van der Waals surface area contributed by atoms with Crippen LogP contribution < -0.4 is 4.74 Å². The minimum atomic E-state index is -0.465. The van der Waals surface area contributed by atoms with Gasteiger partial charge in [-0.25, -0.2) is 0 Å². The predicted octanol–water partition coefficient (Wildman–Crippen LogP) is 1.92. The third-order valence-corrected chi connectivity index (χ3v) is 2.16. The maximum atomic E-state index is 10.8. The maximum Gasteiger partial charge on any atom is 0.332 e. The highest BCUT2D eigenvalue weighted by Crippen LogP contribution is 2.33. The van der Waals surface area contributed by atoms with E-state index in [1.807, 2.05) is 0 Å². The summed E-state index contributed by atoms with van der Waals surface area (Å²) in [6, 6.07) is 0. The van der Waals surface area contributed by atoms with E-state index in [-0.39, 0.29) is 5.69 Å². The van der Waals surface area contributed by atoms with Gasteiger partial charge in [0.05, 0.1) is 12.0 Å². The largest absolute Gasteiger partial charge is 0.490 e. The highest BCUT2D eigenvalue weighted by atomic mass is 16.6. The van der Waals surface area contributed by atoms with Gasteiger partial charge >= 0.3 is 5.69 Å². The van der Waals surface area contributed by atoms with E-state index < -0.39 is 4.92 Å². The summed E-state index contributed by atoms with van der Waals surface area (Å²) in [5, 5.41) is 10.8. The first-order chi connectivity index (χ1) is 6.49. The lowest BCUT2D eigenvalue weighted by Crippen LogP contribution is -2.03. The van der Waals surface area contributed by atoms with Crippen LogP contribution in [0.2, 0.25) is 0 Å². The Morgan fingerprint density at radius 3 is 2.29 bits per heavy atom. The van der Waals surface area contributed by atoms with E-state index in [0.29, 0.717) is 17.0 Å². The lowest BCUT2D eigenvalue weighted by atomic mass is 10.1. The van der Waals surface area contributed by atoms with Crippen molar-refractivity contribution >= 4 is 5.69 Å². The fourth-order valence-corrected chi connectivity index (χ4v) is 1.36. The molecule has 0 bridgehead atoms. The third-order valence-electron chi connectivity index (χ3n) is 2.16. The van der Waals surface area contributed by atoms with Gasteiger partial charge in [-0.1, -0.05) is 0 Å². The van der Waals surface area contributed by atoms with Crippen LogP contribution in [0.3, 0.4) is 0 Å². The molecule has 1 heterocycles. The molecule has 0 amide bonds. The summed E-state index contributed by atoms with van der Waals surface area (Å²) in [4.78, 5) is 14.4. The topological polar surface area (TPSA) is 65.3 Å². The van der Waals surface area contributed by atoms with Crippen LogP contribution in [-0.4, -0.2) is 17.0 Å². The summed E-state index contributed by atoms with van der Waals surface area (Å²) < 4.78 is 5.02. The molecule has 0 radical (unpaired) electrons. The molecule has 0 N–H and O–H groups in total. The molecular weight excluding hydrogens is 184 g/mol. The summed E-state index contributed by atoms with van der Waals surface area (Å²) in [7, 11) is 1.42. The number of methoxy groups -OCH3 is 1. The van der Waals surface area contributed by atoms with Crippen LogP contribution in [0.15, 0.2) is 0 Å². The molecule has 1 aromatic heterocycles. The van der Waals surface area contributed by atoms with Crippen molar-refractivity contribution in [3.63, 3.8) is 0 Å². The number of nitro groups is 1. The average Bonchev–Trinajstić information content (AvgIpc) is 2.09. The Kier molecular flexibility index (Phi) is 2.69. The number of pyridine rings is 1. The zero-order valence-corrected chi connectivity index (χ0v) is 8.62. The van der Waals surface area contributed by atoms with Gasteiger partial charge in [-0.3, -0.25) is 15.1 Å². The summed E-state index contributed by atoms with van der Waals surface area (Å²) in [6.07, 6.45) is 0. The standard InChI is InChI=1S/C9H12N2O3/c1-5-6(2)10-7(3)8(11(12)13)9(5)14-4/h1-4H3. The van der Waals surface area contributed by atoms with Crippen LogP contribution >= 0.6 is 0 Å². The van der Waals surface area contributed by atoms with Crippen LogP contribution in [0.1, 0.15) is 17.0 Å². The lowest BCUT2D eigenvalue weighted by molar-refractivity contribution is -0.386. The van der Waals surface area contributed by atoms with Gasteiger partial charge in [0.25, 0.3) is 0 Å². The highest BCUT2D eigenvalue weighted by molar-refractivity contribution is 5.55. The van der Waals surface area contributed by atoms with Gasteiger partial charge in [-0.05, 0) is 20.8 Å². The third kappa shape index (κ3) is 1.53. The van der Waals surface area contributed by atoms with Crippen molar-refractivity contribution in [3.8, 4) is 5.75 Å². The molecule has 0 saturated carbocycles. The summed E-state index contributed by atoms with van der Waals surface area (Å²) in [5.41, 5.74) is 1.81. The SMILES string of the molecule is COc1c(C)c(C)nc(C)c1[N+](=O)[O-]. The molecule has 0 aromatic carbocycles. The van der Waals surface area contributed by atoms with Crippen molar-refractivity contribution in [1.29, 1.82) is 0 Å².